The van der Waals surface area contributed by atoms with Crippen LogP contribution in [0.25, 0.3) is 0 Å². The molecule has 0 rings (SSSR count). The number of nitrogens with one attached hydrogen (secondary N) is 1. The molecule has 0 amide bonds. The number of hydrogen-bond donors (Lipinski definition) is 1. The second kappa shape index (κ2) is 5.95. The number of rotatable bonds is 6. The Morgan fingerprint density at radius 2 is 2.08 bits per heavy atom. The van der Waals surface area contributed by atoms with Crippen LogP contribution in [-0.2, 0) is 4.79 Å². The maximum atomic E-state index is 11.3. The molecule has 0 aromatic heterocycles. The molecule has 0 aromatic carbocycles. The van der Waals surface area contributed by atoms with Crippen LogP contribution in [0.5, 0.6) is 0 Å². The van der Waals surface area contributed by atoms with Gasteiger partial charge in [-0.2, -0.15) is 0 Å². The molecule has 0 fully saturated rings. The summed E-state index contributed by atoms with van der Waals surface area (Å²) in [7, 11) is 0. The Bertz CT molecular complexity index is 163. The highest BCUT2D eigenvalue weighted by molar-refractivity contribution is 5.83. The van der Waals surface area contributed by atoms with E-state index in [0.717, 1.165) is 18.5 Å². The number of Topliss-reactive ketones (excluding diaryl/α,β-unsaturated/α-hetero) is 1. The standard InChI is InChI=1S/C10H19NO/c1-5-10(12)9(11-6-2)7-8(3)4/h9,11H,3,5-7H2,1-2,4H3. The summed E-state index contributed by atoms with van der Waals surface area (Å²) >= 11 is 0. The van der Waals surface area contributed by atoms with Gasteiger partial charge in [-0.25, -0.2) is 0 Å². The Morgan fingerprint density at radius 1 is 1.50 bits per heavy atom. The zero-order valence-corrected chi connectivity index (χ0v) is 8.31. The van der Waals surface area contributed by atoms with Gasteiger partial charge in [-0.15, -0.1) is 6.58 Å². The third-order valence-corrected chi connectivity index (χ3v) is 1.74. The first kappa shape index (κ1) is 11.4. The number of ketones is 1. The normalized spacial score (nSPS) is 12.6. The van der Waals surface area contributed by atoms with Crippen LogP contribution in [0.3, 0.4) is 0 Å². The predicted molar refractivity (Wildman–Crippen MR) is 52.2 cm³/mol. The minimum atomic E-state index is -0.0162. The summed E-state index contributed by atoms with van der Waals surface area (Å²) in [4.78, 5) is 11.3. The first-order valence-corrected chi connectivity index (χ1v) is 4.52. The lowest BCUT2D eigenvalue weighted by Crippen LogP contribution is -2.36. The van der Waals surface area contributed by atoms with Crippen molar-refractivity contribution < 1.29 is 4.79 Å². The second-order valence-electron chi connectivity index (χ2n) is 3.09. The summed E-state index contributed by atoms with van der Waals surface area (Å²) in [5.41, 5.74) is 1.06. The molecular weight excluding hydrogens is 150 g/mol. The van der Waals surface area contributed by atoms with E-state index in [0.29, 0.717) is 6.42 Å². The van der Waals surface area contributed by atoms with Gasteiger partial charge in [0.2, 0.25) is 0 Å². The van der Waals surface area contributed by atoms with Gasteiger partial charge >= 0.3 is 0 Å². The molecule has 0 aliphatic carbocycles. The number of likely N-dealkylation sites (N-methyl/N-ethyl adjacent to an activating group) is 1. The lowest BCUT2D eigenvalue weighted by atomic mass is 10.0. The molecule has 1 unspecified atom stereocenters. The van der Waals surface area contributed by atoms with Crippen LogP contribution in [0.4, 0.5) is 0 Å². The van der Waals surface area contributed by atoms with Crippen molar-refractivity contribution in [1.29, 1.82) is 0 Å². The van der Waals surface area contributed by atoms with Crippen molar-refractivity contribution in [3.8, 4) is 0 Å². The van der Waals surface area contributed by atoms with Crippen LogP contribution in [0.15, 0.2) is 12.2 Å². The van der Waals surface area contributed by atoms with E-state index in [1.54, 1.807) is 0 Å². The largest absolute Gasteiger partial charge is 0.307 e. The van der Waals surface area contributed by atoms with E-state index in [1.807, 2.05) is 20.8 Å². The van der Waals surface area contributed by atoms with Crippen molar-refractivity contribution in [2.45, 2.75) is 39.7 Å². The highest BCUT2D eigenvalue weighted by Crippen LogP contribution is 2.04. The highest BCUT2D eigenvalue weighted by Gasteiger charge is 2.14. The summed E-state index contributed by atoms with van der Waals surface area (Å²) in [6.07, 6.45) is 1.37. The Kier molecular flexibility index (Phi) is 5.64. The molecule has 2 heteroatoms. The van der Waals surface area contributed by atoms with Crippen LogP contribution in [-0.4, -0.2) is 18.4 Å². The van der Waals surface area contributed by atoms with Crippen LogP contribution < -0.4 is 5.32 Å². The fourth-order valence-corrected chi connectivity index (χ4v) is 1.14. The van der Waals surface area contributed by atoms with Gasteiger partial charge in [0, 0.05) is 6.42 Å². The SMILES string of the molecule is C=C(C)CC(NCC)C(=O)CC. The van der Waals surface area contributed by atoms with Crippen molar-refractivity contribution in [2.75, 3.05) is 6.54 Å². The van der Waals surface area contributed by atoms with Crippen molar-refractivity contribution in [1.82, 2.24) is 5.32 Å². The van der Waals surface area contributed by atoms with E-state index < -0.39 is 0 Å². The van der Waals surface area contributed by atoms with Gasteiger partial charge in [-0.05, 0) is 19.9 Å². The van der Waals surface area contributed by atoms with Gasteiger partial charge in [0.25, 0.3) is 0 Å². The third-order valence-electron chi connectivity index (χ3n) is 1.74. The average Bonchev–Trinajstić information content (AvgIpc) is 2.01. The molecule has 0 aromatic rings. The molecule has 0 bridgehead atoms. The molecule has 0 spiro atoms. The maximum Gasteiger partial charge on any atom is 0.149 e. The van der Waals surface area contributed by atoms with Gasteiger partial charge < -0.3 is 5.32 Å². The molecule has 0 aliphatic rings. The number of carbonyl (C=O) groups is 1. The van der Waals surface area contributed by atoms with Gasteiger partial charge in [0.1, 0.15) is 5.78 Å². The van der Waals surface area contributed by atoms with Crippen molar-refractivity contribution in [3.05, 3.63) is 12.2 Å². The van der Waals surface area contributed by atoms with Crippen LogP contribution in [0.2, 0.25) is 0 Å². The summed E-state index contributed by atoms with van der Waals surface area (Å²) < 4.78 is 0. The quantitative estimate of drug-likeness (QED) is 0.615. The molecule has 0 saturated heterocycles. The van der Waals surface area contributed by atoms with E-state index in [9.17, 15) is 4.79 Å². The van der Waals surface area contributed by atoms with Crippen molar-refractivity contribution in [3.63, 3.8) is 0 Å². The van der Waals surface area contributed by atoms with Crippen LogP contribution >= 0.6 is 0 Å². The molecular formula is C10H19NO. The first-order valence-electron chi connectivity index (χ1n) is 4.52. The van der Waals surface area contributed by atoms with Crippen molar-refractivity contribution in [2.24, 2.45) is 0 Å². The van der Waals surface area contributed by atoms with Crippen LogP contribution in [0.1, 0.15) is 33.6 Å². The van der Waals surface area contributed by atoms with Gasteiger partial charge in [0.05, 0.1) is 6.04 Å². The third kappa shape index (κ3) is 4.29. The van der Waals surface area contributed by atoms with Gasteiger partial charge in [0.15, 0.2) is 0 Å². The lowest BCUT2D eigenvalue weighted by molar-refractivity contribution is -0.120. The summed E-state index contributed by atoms with van der Waals surface area (Å²) in [5, 5.41) is 3.15. The Balaban J connectivity index is 4.02. The molecule has 70 valence electrons. The molecule has 0 saturated carbocycles. The number of carbonyl (C=O) groups excluding carboxylic acids is 1. The molecule has 1 N–H and O–H groups in total. The van der Waals surface area contributed by atoms with Gasteiger partial charge in [-0.3, -0.25) is 4.79 Å². The predicted octanol–water partition coefficient (Wildman–Crippen LogP) is 1.91. The highest BCUT2D eigenvalue weighted by atomic mass is 16.1. The Hall–Kier alpha value is -0.630. The minimum absolute atomic E-state index is 0.0162. The summed E-state index contributed by atoms with van der Waals surface area (Å²) in [6.45, 7) is 10.5. The van der Waals surface area contributed by atoms with E-state index in [4.69, 9.17) is 0 Å². The molecule has 0 heterocycles. The zero-order chi connectivity index (χ0) is 9.56. The summed E-state index contributed by atoms with van der Waals surface area (Å²) in [6, 6.07) is -0.0162. The van der Waals surface area contributed by atoms with Crippen LogP contribution in [0, 0.1) is 0 Å². The lowest BCUT2D eigenvalue weighted by Gasteiger charge is -2.15. The first-order chi connectivity index (χ1) is 5.61. The van der Waals surface area contributed by atoms with E-state index in [2.05, 4.69) is 11.9 Å². The molecule has 0 radical (unpaired) electrons. The fourth-order valence-electron chi connectivity index (χ4n) is 1.14. The minimum Gasteiger partial charge on any atom is -0.307 e. The van der Waals surface area contributed by atoms with Crippen molar-refractivity contribution >= 4 is 5.78 Å². The molecule has 2 nitrogen and oxygen atoms in total. The van der Waals surface area contributed by atoms with E-state index in [-0.39, 0.29) is 11.8 Å². The molecule has 12 heavy (non-hydrogen) atoms. The van der Waals surface area contributed by atoms with E-state index in [1.165, 1.54) is 0 Å². The number of hydrogen-bond acceptors (Lipinski definition) is 2. The van der Waals surface area contributed by atoms with E-state index >= 15 is 0 Å². The Labute approximate surface area is 75.0 Å². The smallest absolute Gasteiger partial charge is 0.149 e. The average molecular weight is 169 g/mol. The Morgan fingerprint density at radius 3 is 2.42 bits per heavy atom. The maximum absolute atomic E-state index is 11.3. The molecule has 0 aliphatic heterocycles. The zero-order valence-electron chi connectivity index (χ0n) is 8.31. The second-order valence-corrected chi connectivity index (χ2v) is 3.09. The molecule has 1 atom stereocenters. The monoisotopic (exact) mass is 169 g/mol. The summed E-state index contributed by atoms with van der Waals surface area (Å²) in [5.74, 6) is 0.278. The van der Waals surface area contributed by atoms with Gasteiger partial charge in [-0.1, -0.05) is 19.4 Å². The topological polar surface area (TPSA) is 29.1 Å². The fraction of sp³-hybridized carbons (Fsp3) is 0.700.